The minimum Gasteiger partial charge on any atom is -0.287 e. The average molecular weight is 165 g/mol. The quantitative estimate of drug-likeness (QED) is 0.484. The van der Waals surface area contributed by atoms with Crippen LogP contribution in [0.15, 0.2) is 17.8 Å². The highest BCUT2D eigenvalue weighted by atomic mass is 16.1. The molecule has 0 aliphatic rings. The van der Waals surface area contributed by atoms with Crippen molar-refractivity contribution in [2.24, 2.45) is 7.05 Å². The Morgan fingerprint density at radius 3 is 2.67 bits per heavy atom. The van der Waals surface area contributed by atoms with Crippen LogP contribution in [0.2, 0.25) is 0 Å². The maximum atomic E-state index is 11.3. The molecule has 0 aromatic carbocycles. The van der Waals surface area contributed by atoms with Crippen molar-refractivity contribution in [3.05, 3.63) is 23.5 Å². The van der Waals surface area contributed by atoms with Gasteiger partial charge < -0.3 is 0 Å². The van der Waals surface area contributed by atoms with E-state index in [0.29, 0.717) is 5.69 Å². The molecule has 0 aliphatic carbocycles. The molecule has 1 aromatic heterocycles. The number of hydrogen-bond donors (Lipinski definition) is 0. The summed E-state index contributed by atoms with van der Waals surface area (Å²) in [5.74, 6) is -0.0944. The summed E-state index contributed by atoms with van der Waals surface area (Å²) >= 11 is 0. The Hall–Kier alpha value is -1.45. The Labute approximate surface area is 70.9 Å². The molecule has 0 aliphatic heterocycles. The molecule has 0 radical (unpaired) electrons. The zero-order chi connectivity index (χ0) is 9.14. The van der Waals surface area contributed by atoms with E-state index in [9.17, 15) is 4.79 Å². The van der Waals surface area contributed by atoms with Crippen LogP contribution in [0.4, 0.5) is 0 Å². The molecule has 0 saturated heterocycles. The van der Waals surface area contributed by atoms with Crippen LogP contribution in [-0.4, -0.2) is 20.8 Å². The van der Waals surface area contributed by atoms with Crippen molar-refractivity contribution in [1.82, 2.24) is 15.0 Å². The minimum atomic E-state index is -0.0944. The summed E-state index contributed by atoms with van der Waals surface area (Å²) in [6.45, 7) is 3.74. The van der Waals surface area contributed by atoms with Gasteiger partial charge in [0.15, 0.2) is 5.69 Å². The summed E-state index contributed by atoms with van der Waals surface area (Å²) in [5, 5.41) is 7.35. The lowest BCUT2D eigenvalue weighted by atomic mass is 10.2. The van der Waals surface area contributed by atoms with E-state index >= 15 is 0 Å². The predicted octanol–water partition coefficient (Wildman–Crippen LogP) is 0.964. The number of rotatable bonds is 2. The van der Waals surface area contributed by atoms with Crippen molar-refractivity contribution >= 4 is 5.78 Å². The molecule has 1 rings (SSSR count). The van der Waals surface area contributed by atoms with E-state index in [2.05, 4.69) is 10.3 Å². The molecule has 64 valence electrons. The zero-order valence-corrected chi connectivity index (χ0v) is 7.40. The molecule has 0 unspecified atom stereocenters. The van der Waals surface area contributed by atoms with Gasteiger partial charge in [-0.3, -0.25) is 9.48 Å². The van der Waals surface area contributed by atoms with Gasteiger partial charge in [0, 0.05) is 7.05 Å². The maximum Gasteiger partial charge on any atom is 0.207 e. The average Bonchev–Trinajstić information content (AvgIpc) is 2.34. The van der Waals surface area contributed by atoms with E-state index in [0.717, 1.165) is 5.57 Å². The van der Waals surface area contributed by atoms with Crippen molar-refractivity contribution in [2.75, 3.05) is 0 Å². The standard InChI is InChI=1S/C8H11N3O/c1-6(2)4-8(12)7-5-11(3)10-9-7/h4-5H,1-3H3. The fourth-order valence-corrected chi connectivity index (χ4v) is 0.796. The third-order valence-electron chi connectivity index (χ3n) is 1.27. The molecule has 0 spiro atoms. The summed E-state index contributed by atoms with van der Waals surface area (Å²) in [5.41, 5.74) is 1.35. The van der Waals surface area contributed by atoms with Crippen molar-refractivity contribution in [3.8, 4) is 0 Å². The van der Waals surface area contributed by atoms with Crippen LogP contribution in [0.25, 0.3) is 0 Å². The van der Waals surface area contributed by atoms with Crippen LogP contribution < -0.4 is 0 Å². The van der Waals surface area contributed by atoms with Gasteiger partial charge in [-0.2, -0.15) is 0 Å². The lowest BCUT2D eigenvalue weighted by Crippen LogP contribution is -1.95. The van der Waals surface area contributed by atoms with Crippen molar-refractivity contribution < 1.29 is 4.79 Å². The molecular formula is C8H11N3O. The summed E-state index contributed by atoms with van der Waals surface area (Å²) < 4.78 is 1.51. The third-order valence-corrected chi connectivity index (χ3v) is 1.27. The molecular weight excluding hydrogens is 154 g/mol. The summed E-state index contributed by atoms with van der Waals surface area (Å²) in [7, 11) is 1.73. The highest BCUT2D eigenvalue weighted by molar-refractivity contribution is 6.03. The number of ketones is 1. The first kappa shape index (κ1) is 8.64. The predicted molar refractivity (Wildman–Crippen MR) is 44.8 cm³/mol. The lowest BCUT2D eigenvalue weighted by molar-refractivity contribution is 0.104. The summed E-state index contributed by atoms with van der Waals surface area (Å²) in [6.07, 6.45) is 3.14. The topological polar surface area (TPSA) is 47.8 Å². The number of carbonyl (C=O) groups excluding carboxylic acids is 1. The molecule has 0 N–H and O–H groups in total. The van der Waals surface area contributed by atoms with Gasteiger partial charge >= 0.3 is 0 Å². The fraction of sp³-hybridized carbons (Fsp3) is 0.375. The number of nitrogens with zero attached hydrogens (tertiary/aromatic N) is 3. The van der Waals surface area contributed by atoms with Gasteiger partial charge in [-0.15, -0.1) is 5.10 Å². The minimum absolute atomic E-state index is 0.0944. The first-order valence-electron chi connectivity index (χ1n) is 3.65. The second kappa shape index (κ2) is 3.30. The van der Waals surface area contributed by atoms with Crippen molar-refractivity contribution in [1.29, 1.82) is 0 Å². The van der Waals surface area contributed by atoms with E-state index in [1.807, 2.05) is 13.8 Å². The second-order valence-corrected chi connectivity index (χ2v) is 2.86. The number of aromatic nitrogens is 3. The molecule has 0 amide bonds. The molecule has 0 fully saturated rings. The van der Waals surface area contributed by atoms with Gasteiger partial charge in [-0.25, -0.2) is 0 Å². The smallest absolute Gasteiger partial charge is 0.207 e. The van der Waals surface area contributed by atoms with Crippen LogP contribution >= 0.6 is 0 Å². The van der Waals surface area contributed by atoms with Crippen LogP contribution in [-0.2, 0) is 7.05 Å². The van der Waals surface area contributed by atoms with Gasteiger partial charge in [0.05, 0.1) is 6.20 Å². The van der Waals surface area contributed by atoms with Crippen molar-refractivity contribution in [2.45, 2.75) is 13.8 Å². The number of carbonyl (C=O) groups is 1. The molecule has 1 heterocycles. The van der Waals surface area contributed by atoms with Gasteiger partial charge in [0.25, 0.3) is 0 Å². The number of hydrogen-bond acceptors (Lipinski definition) is 3. The Bertz CT molecular complexity index is 321. The molecule has 4 nitrogen and oxygen atoms in total. The van der Waals surface area contributed by atoms with E-state index in [1.54, 1.807) is 19.3 Å². The number of allylic oxidation sites excluding steroid dienone is 2. The largest absolute Gasteiger partial charge is 0.287 e. The van der Waals surface area contributed by atoms with Crippen LogP contribution in [0, 0.1) is 0 Å². The Morgan fingerprint density at radius 1 is 1.58 bits per heavy atom. The Morgan fingerprint density at radius 2 is 2.25 bits per heavy atom. The summed E-state index contributed by atoms with van der Waals surface area (Å²) in [6, 6.07) is 0. The first-order valence-corrected chi connectivity index (χ1v) is 3.65. The highest BCUT2D eigenvalue weighted by Gasteiger charge is 2.05. The lowest BCUT2D eigenvalue weighted by Gasteiger charge is -1.87. The molecule has 0 bridgehead atoms. The zero-order valence-electron chi connectivity index (χ0n) is 7.40. The second-order valence-electron chi connectivity index (χ2n) is 2.86. The monoisotopic (exact) mass is 165 g/mol. The molecule has 1 aromatic rings. The van der Waals surface area contributed by atoms with E-state index in [1.165, 1.54) is 4.68 Å². The van der Waals surface area contributed by atoms with Gasteiger partial charge in [0.2, 0.25) is 5.78 Å². The van der Waals surface area contributed by atoms with Gasteiger partial charge in [-0.1, -0.05) is 10.8 Å². The fourth-order valence-electron chi connectivity index (χ4n) is 0.796. The van der Waals surface area contributed by atoms with Gasteiger partial charge in [0.1, 0.15) is 0 Å². The maximum absolute atomic E-state index is 11.3. The third kappa shape index (κ3) is 2.02. The molecule has 0 atom stereocenters. The van der Waals surface area contributed by atoms with E-state index < -0.39 is 0 Å². The van der Waals surface area contributed by atoms with Crippen LogP contribution in [0.5, 0.6) is 0 Å². The Kier molecular flexibility index (Phi) is 2.38. The van der Waals surface area contributed by atoms with E-state index in [4.69, 9.17) is 0 Å². The summed E-state index contributed by atoms with van der Waals surface area (Å²) in [4.78, 5) is 11.3. The highest BCUT2D eigenvalue weighted by Crippen LogP contribution is 1.98. The molecule has 4 heteroatoms. The van der Waals surface area contributed by atoms with Crippen LogP contribution in [0.3, 0.4) is 0 Å². The molecule has 12 heavy (non-hydrogen) atoms. The Balaban J connectivity index is 2.86. The SMILES string of the molecule is CC(C)=CC(=O)c1cn(C)nn1. The normalized spacial score (nSPS) is 9.58. The molecule has 0 saturated carbocycles. The van der Waals surface area contributed by atoms with Gasteiger partial charge in [-0.05, 0) is 19.9 Å². The van der Waals surface area contributed by atoms with Crippen LogP contribution in [0.1, 0.15) is 24.3 Å². The first-order chi connectivity index (χ1) is 5.59. The van der Waals surface area contributed by atoms with E-state index in [-0.39, 0.29) is 5.78 Å². The number of aryl methyl sites for hydroxylation is 1. The van der Waals surface area contributed by atoms with Crippen molar-refractivity contribution in [3.63, 3.8) is 0 Å².